The average Bonchev–Trinajstić information content (AvgIpc) is 2.54. The van der Waals surface area contributed by atoms with Crippen molar-refractivity contribution in [2.75, 3.05) is 19.6 Å². The standard InChI is InChI=1S/C19H37N3O/c1-15(2)13-21-14-17(12-16-8-4-3-5-9-16)18-10-6-7-11-22(18)19(20)23/h15-18,21H,3-14H2,1-2H3,(H2,20,23)/t17-,18?/m0/s1. The summed E-state index contributed by atoms with van der Waals surface area (Å²) in [6.45, 7) is 7.44. The Labute approximate surface area is 142 Å². The van der Waals surface area contributed by atoms with Crippen LogP contribution in [0.1, 0.15) is 71.6 Å². The molecule has 2 amide bonds. The molecule has 1 aliphatic heterocycles. The minimum absolute atomic E-state index is 0.216. The largest absolute Gasteiger partial charge is 0.351 e. The first-order valence-corrected chi connectivity index (χ1v) is 9.84. The van der Waals surface area contributed by atoms with Crippen LogP contribution in [0.15, 0.2) is 0 Å². The van der Waals surface area contributed by atoms with E-state index in [0.29, 0.717) is 17.9 Å². The monoisotopic (exact) mass is 323 g/mol. The molecule has 0 aromatic carbocycles. The van der Waals surface area contributed by atoms with Gasteiger partial charge in [0.05, 0.1) is 0 Å². The molecule has 0 radical (unpaired) electrons. The number of nitrogens with one attached hydrogen (secondary N) is 1. The first kappa shape index (κ1) is 18.6. The van der Waals surface area contributed by atoms with Crippen molar-refractivity contribution in [1.82, 2.24) is 10.2 Å². The van der Waals surface area contributed by atoms with Crippen molar-refractivity contribution in [2.45, 2.75) is 77.7 Å². The third-order valence-electron chi connectivity index (χ3n) is 5.70. The van der Waals surface area contributed by atoms with E-state index in [4.69, 9.17) is 5.73 Å². The molecule has 134 valence electrons. The molecule has 0 spiro atoms. The fourth-order valence-corrected chi connectivity index (χ4v) is 4.51. The second-order valence-corrected chi connectivity index (χ2v) is 8.15. The molecule has 4 nitrogen and oxygen atoms in total. The number of urea groups is 1. The smallest absolute Gasteiger partial charge is 0.315 e. The highest BCUT2D eigenvalue weighted by Gasteiger charge is 2.33. The second-order valence-electron chi connectivity index (χ2n) is 8.15. The van der Waals surface area contributed by atoms with Gasteiger partial charge in [0.2, 0.25) is 0 Å². The Balaban J connectivity index is 1.98. The molecule has 2 aliphatic rings. The first-order valence-electron chi connectivity index (χ1n) is 9.84. The lowest BCUT2D eigenvalue weighted by atomic mass is 9.78. The fourth-order valence-electron chi connectivity index (χ4n) is 4.51. The zero-order valence-corrected chi connectivity index (χ0v) is 15.2. The van der Waals surface area contributed by atoms with E-state index in [1.807, 2.05) is 4.90 Å². The summed E-state index contributed by atoms with van der Waals surface area (Å²) in [4.78, 5) is 13.8. The van der Waals surface area contributed by atoms with Crippen molar-refractivity contribution in [3.63, 3.8) is 0 Å². The molecule has 3 N–H and O–H groups in total. The van der Waals surface area contributed by atoms with E-state index in [9.17, 15) is 4.79 Å². The molecule has 1 saturated carbocycles. The summed E-state index contributed by atoms with van der Waals surface area (Å²) in [6.07, 6.45) is 11.7. The molecule has 1 heterocycles. The van der Waals surface area contributed by atoms with Gasteiger partial charge in [0.25, 0.3) is 0 Å². The predicted octanol–water partition coefficient (Wildman–Crippen LogP) is 3.75. The molecular weight excluding hydrogens is 286 g/mol. The van der Waals surface area contributed by atoms with E-state index in [0.717, 1.165) is 38.4 Å². The van der Waals surface area contributed by atoms with Gasteiger partial charge in [-0.25, -0.2) is 4.79 Å². The Hall–Kier alpha value is -0.770. The third-order valence-corrected chi connectivity index (χ3v) is 5.70. The number of primary amides is 1. The number of carbonyl (C=O) groups excluding carboxylic acids is 1. The quantitative estimate of drug-likeness (QED) is 0.749. The number of hydrogen-bond acceptors (Lipinski definition) is 2. The maximum atomic E-state index is 11.9. The zero-order valence-electron chi connectivity index (χ0n) is 15.2. The number of amides is 2. The fraction of sp³-hybridized carbons (Fsp3) is 0.947. The number of nitrogens with zero attached hydrogens (tertiary/aromatic N) is 1. The highest BCUT2D eigenvalue weighted by Crippen LogP contribution is 2.33. The van der Waals surface area contributed by atoms with Gasteiger partial charge in [-0.15, -0.1) is 0 Å². The van der Waals surface area contributed by atoms with Crippen molar-refractivity contribution in [3.8, 4) is 0 Å². The van der Waals surface area contributed by atoms with Crippen LogP contribution in [-0.2, 0) is 0 Å². The highest BCUT2D eigenvalue weighted by atomic mass is 16.2. The van der Waals surface area contributed by atoms with E-state index in [-0.39, 0.29) is 6.03 Å². The Morgan fingerprint density at radius 3 is 2.43 bits per heavy atom. The highest BCUT2D eigenvalue weighted by molar-refractivity contribution is 5.72. The molecule has 1 aliphatic carbocycles. The van der Waals surface area contributed by atoms with Crippen molar-refractivity contribution >= 4 is 6.03 Å². The van der Waals surface area contributed by atoms with Crippen LogP contribution in [0.2, 0.25) is 0 Å². The van der Waals surface area contributed by atoms with Crippen LogP contribution in [0, 0.1) is 17.8 Å². The lowest BCUT2D eigenvalue weighted by molar-refractivity contribution is 0.107. The molecule has 1 saturated heterocycles. The van der Waals surface area contributed by atoms with E-state index < -0.39 is 0 Å². The minimum Gasteiger partial charge on any atom is -0.351 e. The number of piperidine rings is 1. The molecule has 1 unspecified atom stereocenters. The second kappa shape index (κ2) is 9.51. The summed E-state index contributed by atoms with van der Waals surface area (Å²) < 4.78 is 0. The molecule has 23 heavy (non-hydrogen) atoms. The van der Waals surface area contributed by atoms with Crippen molar-refractivity contribution < 1.29 is 4.79 Å². The summed E-state index contributed by atoms with van der Waals surface area (Å²) in [7, 11) is 0. The van der Waals surface area contributed by atoms with Crippen LogP contribution < -0.4 is 11.1 Å². The van der Waals surface area contributed by atoms with Gasteiger partial charge in [0, 0.05) is 12.6 Å². The van der Waals surface area contributed by atoms with Crippen LogP contribution in [-0.4, -0.2) is 36.6 Å². The molecule has 4 heteroatoms. The molecule has 2 fully saturated rings. The normalized spacial score (nSPS) is 24.8. The van der Waals surface area contributed by atoms with E-state index in [1.165, 1.54) is 44.9 Å². The van der Waals surface area contributed by atoms with Gasteiger partial charge < -0.3 is 16.0 Å². The number of hydrogen-bond donors (Lipinski definition) is 2. The summed E-state index contributed by atoms with van der Waals surface area (Å²) >= 11 is 0. The van der Waals surface area contributed by atoms with Gasteiger partial charge in [-0.1, -0.05) is 46.0 Å². The van der Waals surface area contributed by atoms with Gasteiger partial charge in [0.1, 0.15) is 0 Å². The number of carbonyl (C=O) groups is 1. The Morgan fingerprint density at radius 1 is 1.09 bits per heavy atom. The summed E-state index contributed by atoms with van der Waals surface area (Å²) in [6, 6.07) is 0.134. The molecular formula is C19H37N3O. The van der Waals surface area contributed by atoms with Crippen LogP contribution in [0.5, 0.6) is 0 Å². The summed E-state index contributed by atoms with van der Waals surface area (Å²) in [5, 5.41) is 3.65. The SMILES string of the molecule is CC(C)CNC[C@H](CC1CCCCC1)C1CCCCN1C(N)=O. The van der Waals surface area contributed by atoms with E-state index >= 15 is 0 Å². The van der Waals surface area contributed by atoms with Crippen molar-refractivity contribution in [2.24, 2.45) is 23.5 Å². The number of nitrogens with two attached hydrogens (primary N) is 1. The van der Waals surface area contributed by atoms with Gasteiger partial charge in [0.15, 0.2) is 0 Å². The Kier molecular flexibility index (Phi) is 7.68. The molecule has 2 atom stereocenters. The third kappa shape index (κ3) is 5.98. The van der Waals surface area contributed by atoms with Crippen LogP contribution >= 0.6 is 0 Å². The van der Waals surface area contributed by atoms with Crippen LogP contribution in [0.3, 0.4) is 0 Å². The molecule has 0 aromatic heterocycles. The first-order chi connectivity index (χ1) is 11.1. The maximum Gasteiger partial charge on any atom is 0.315 e. The predicted molar refractivity (Wildman–Crippen MR) is 96.3 cm³/mol. The molecule has 2 rings (SSSR count). The van der Waals surface area contributed by atoms with Gasteiger partial charge in [-0.2, -0.15) is 0 Å². The lowest BCUT2D eigenvalue weighted by Gasteiger charge is -2.41. The van der Waals surface area contributed by atoms with E-state index in [2.05, 4.69) is 19.2 Å². The Morgan fingerprint density at radius 2 is 1.78 bits per heavy atom. The lowest BCUT2D eigenvalue weighted by Crippen LogP contribution is -2.52. The van der Waals surface area contributed by atoms with Crippen molar-refractivity contribution in [3.05, 3.63) is 0 Å². The van der Waals surface area contributed by atoms with Gasteiger partial charge in [-0.05, 0) is 56.5 Å². The van der Waals surface area contributed by atoms with Crippen molar-refractivity contribution in [1.29, 1.82) is 0 Å². The number of rotatable bonds is 7. The number of likely N-dealkylation sites (tertiary alicyclic amines) is 1. The summed E-state index contributed by atoms with van der Waals surface area (Å²) in [5.41, 5.74) is 5.67. The zero-order chi connectivity index (χ0) is 16.7. The topological polar surface area (TPSA) is 58.4 Å². The molecule has 0 bridgehead atoms. The summed E-state index contributed by atoms with van der Waals surface area (Å²) in [5.74, 6) is 2.08. The van der Waals surface area contributed by atoms with Crippen LogP contribution in [0.25, 0.3) is 0 Å². The van der Waals surface area contributed by atoms with Gasteiger partial charge >= 0.3 is 6.03 Å². The minimum atomic E-state index is -0.216. The van der Waals surface area contributed by atoms with Gasteiger partial charge in [-0.3, -0.25) is 0 Å². The Bertz CT molecular complexity index is 353. The maximum absolute atomic E-state index is 11.9. The average molecular weight is 324 g/mol. The van der Waals surface area contributed by atoms with E-state index in [1.54, 1.807) is 0 Å². The van der Waals surface area contributed by atoms with Crippen LogP contribution in [0.4, 0.5) is 4.79 Å². The molecule has 0 aromatic rings.